The van der Waals surface area contributed by atoms with E-state index in [1.807, 2.05) is 24.3 Å². The minimum Gasteiger partial charge on any atom is -0.383 e. The molecule has 1 aromatic carbocycles. The Balaban J connectivity index is 1.60. The number of aromatic nitrogens is 3. The predicted octanol–water partition coefficient (Wildman–Crippen LogP) is 4.22. The van der Waals surface area contributed by atoms with Gasteiger partial charge in [-0.25, -0.2) is 14.8 Å². The Morgan fingerprint density at radius 1 is 1.21 bits per heavy atom. The minimum absolute atomic E-state index is 0.330. The van der Waals surface area contributed by atoms with Crippen LogP contribution in [-0.2, 0) is 13.0 Å². The van der Waals surface area contributed by atoms with Crippen molar-refractivity contribution in [3.8, 4) is 11.3 Å². The van der Waals surface area contributed by atoms with Crippen LogP contribution < -0.4 is 16.4 Å². The molecule has 0 saturated carbocycles. The molecule has 0 unspecified atom stereocenters. The van der Waals surface area contributed by atoms with Crippen LogP contribution in [0.25, 0.3) is 22.0 Å². The average Bonchev–Trinajstić information content (AvgIpc) is 3.25. The van der Waals surface area contributed by atoms with Gasteiger partial charge in [0.05, 0.1) is 17.7 Å². The standard InChI is InChI=1S/C21H20N6OS/c1-2-13-5-3-4-6-16(13)18-7-14-8-19(24-11-17(14)20(22)26-18)27-21(28)25-10-15-9-23-12-29-15/h3-9,11-12H,2,10H2,1H3,(H2,22,26)(H2,24,25,27,28). The van der Waals surface area contributed by atoms with Gasteiger partial charge in [0.15, 0.2) is 0 Å². The van der Waals surface area contributed by atoms with E-state index in [0.717, 1.165) is 33.3 Å². The molecule has 4 rings (SSSR count). The monoisotopic (exact) mass is 404 g/mol. The van der Waals surface area contributed by atoms with Crippen LogP contribution in [0.5, 0.6) is 0 Å². The van der Waals surface area contributed by atoms with Crippen LogP contribution in [0.3, 0.4) is 0 Å². The number of nitrogens with zero attached hydrogens (tertiary/aromatic N) is 3. The second kappa shape index (κ2) is 8.24. The third-order valence-corrected chi connectivity index (χ3v) is 5.35. The molecule has 8 heteroatoms. The van der Waals surface area contributed by atoms with Crippen molar-refractivity contribution in [3.05, 3.63) is 64.7 Å². The minimum atomic E-state index is -0.330. The SMILES string of the molecule is CCc1ccccc1-c1cc2cc(NC(=O)NCc3cncs3)ncc2c(N)n1. The molecule has 0 radical (unpaired) electrons. The Morgan fingerprint density at radius 2 is 2.07 bits per heavy atom. The Kier molecular flexibility index (Phi) is 5.35. The fourth-order valence-electron chi connectivity index (χ4n) is 3.12. The van der Waals surface area contributed by atoms with E-state index in [9.17, 15) is 4.79 Å². The van der Waals surface area contributed by atoms with Crippen LogP contribution in [0.2, 0.25) is 0 Å². The van der Waals surface area contributed by atoms with Gasteiger partial charge in [-0.15, -0.1) is 11.3 Å². The first kappa shape index (κ1) is 18.8. The number of nitrogen functional groups attached to an aromatic ring is 1. The quantitative estimate of drug-likeness (QED) is 0.462. The van der Waals surface area contributed by atoms with E-state index in [1.165, 1.54) is 16.9 Å². The van der Waals surface area contributed by atoms with Crippen LogP contribution in [0.1, 0.15) is 17.4 Å². The van der Waals surface area contributed by atoms with E-state index in [2.05, 4.69) is 38.6 Å². The molecule has 0 spiro atoms. The maximum Gasteiger partial charge on any atom is 0.320 e. The predicted molar refractivity (Wildman–Crippen MR) is 117 cm³/mol. The van der Waals surface area contributed by atoms with Crippen molar-refractivity contribution >= 4 is 39.8 Å². The molecule has 0 saturated heterocycles. The van der Waals surface area contributed by atoms with Gasteiger partial charge in [0.25, 0.3) is 0 Å². The fraction of sp³-hybridized carbons (Fsp3) is 0.143. The summed E-state index contributed by atoms with van der Waals surface area (Å²) >= 11 is 1.49. The molecule has 3 aromatic heterocycles. The van der Waals surface area contributed by atoms with Crippen molar-refractivity contribution < 1.29 is 4.79 Å². The van der Waals surface area contributed by atoms with Crippen molar-refractivity contribution in [2.75, 3.05) is 11.1 Å². The number of nitrogens with one attached hydrogen (secondary N) is 2. The van der Waals surface area contributed by atoms with Gasteiger partial charge in [-0.3, -0.25) is 10.3 Å². The van der Waals surface area contributed by atoms with Gasteiger partial charge in [0.1, 0.15) is 11.6 Å². The van der Waals surface area contributed by atoms with E-state index in [-0.39, 0.29) is 6.03 Å². The van der Waals surface area contributed by atoms with Gasteiger partial charge in [-0.1, -0.05) is 31.2 Å². The van der Waals surface area contributed by atoms with E-state index in [1.54, 1.807) is 24.0 Å². The van der Waals surface area contributed by atoms with E-state index in [4.69, 9.17) is 5.73 Å². The normalized spacial score (nSPS) is 10.8. The number of nitrogens with two attached hydrogens (primary N) is 1. The molecular weight excluding hydrogens is 384 g/mol. The van der Waals surface area contributed by atoms with Crippen LogP contribution in [-0.4, -0.2) is 21.0 Å². The summed E-state index contributed by atoms with van der Waals surface area (Å²) in [6, 6.07) is 11.6. The van der Waals surface area contributed by atoms with Gasteiger partial charge in [-0.05, 0) is 29.5 Å². The molecule has 0 aliphatic carbocycles. The first-order chi connectivity index (χ1) is 14.1. The number of amides is 2. The molecule has 3 heterocycles. The summed E-state index contributed by atoms with van der Waals surface area (Å²) < 4.78 is 0. The number of urea groups is 1. The zero-order valence-corrected chi connectivity index (χ0v) is 16.7. The lowest BCUT2D eigenvalue weighted by Gasteiger charge is -2.11. The number of carbonyl (C=O) groups excluding carboxylic acids is 1. The third kappa shape index (κ3) is 4.17. The smallest absolute Gasteiger partial charge is 0.320 e. The highest BCUT2D eigenvalue weighted by molar-refractivity contribution is 7.09. The third-order valence-electron chi connectivity index (χ3n) is 4.57. The second-order valence-electron chi connectivity index (χ2n) is 6.47. The van der Waals surface area contributed by atoms with Crippen LogP contribution in [0.4, 0.5) is 16.4 Å². The maximum atomic E-state index is 12.2. The number of anilines is 2. The summed E-state index contributed by atoms with van der Waals surface area (Å²) in [6.07, 6.45) is 4.26. The molecule has 0 fully saturated rings. The summed E-state index contributed by atoms with van der Waals surface area (Å²) in [5, 5.41) is 7.16. The molecule has 29 heavy (non-hydrogen) atoms. The van der Waals surface area contributed by atoms with Gasteiger partial charge in [0.2, 0.25) is 0 Å². The average molecular weight is 404 g/mol. The molecule has 4 aromatic rings. The zero-order valence-electron chi connectivity index (χ0n) is 15.8. The molecule has 0 aliphatic heterocycles. The Bertz CT molecular complexity index is 1160. The lowest BCUT2D eigenvalue weighted by molar-refractivity contribution is 0.252. The Labute approximate surface area is 172 Å². The summed E-state index contributed by atoms with van der Waals surface area (Å²) in [5.41, 5.74) is 11.0. The van der Waals surface area contributed by atoms with Crippen molar-refractivity contribution in [1.82, 2.24) is 20.3 Å². The zero-order chi connectivity index (χ0) is 20.2. The highest BCUT2D eigenvalue weighted by Crippen LogP contribution is 2.29. The van der Waals surface area contributed by atoms with Crippen LogP contribution in [0.15, 0.2) is 54.3 Å². The number of fused-ring (bicyclic) bond motifs is 1. The number of rotatable bonds is 5. The number of carbonyl (C=O) groups is 1. The van der Waals surface area contributed by atoms with Crippen LogP contribution in [0, 0.1) is 0 Å². The summed E-state index contributed by atoms with van der Waals surface area (Å²) in [7, 11) is 0. The summed E-state index contributed by atoms with van der Waals surface area (Å²) in [5.74, 6) is 0.858. The number of thiazole rings is 1. The highest BCUT2D eigenvalue weighted by Gasteiger charge is 2.11. The highest BCUT2D eigenvalue weighted by atomic mass is 32.1. The van der Waals surface area contributed by atoms with Gasteiger partial charge in [-0.2, -0.15) is 0 Å². The molecule has 4 N–H and O–H groups in total. The van der Waals surface area contributed by atoms with E-state index < -0.39 is 0 Å². The van der Waals surface area contributed by atoms with Gasteiger partial charge in [0, 0.05) is 28.2 Å². The number of benzene rings is 1. The van der Waals surface area contributed by atoms with Crippen molar-refractivity contribution in [1.29, 1.82) is 0 Å². The molecule has 7 nitrogen and oxygen atoms in total. The molecule has 0 aliphatic rings. The topological polar surface area (TPSA) is 106 Å². The molecular formula is C21H20N6OS. The van der Waals surface area contributed by atoms with Gasteiger partial charge >= 0.3 is 6.03 Å². The first-order valence-electron chi connectivity index (χ1n) is 9.21. The maximum absolute atomic E-state index is 12.2. The van der Waals surface area contributed by atoms with Crippen molar-refractivity contribution in [2.45, 2.75) is 19.9 Å². The molecule has 0 atom stereocenters. The largest absolute Gasteiger partial charge is 0.383 e. The first-order valence-corrected chi connectivity index (χ1v) is 10.1. The lowest BCUT2D eigenvalue weighted by atomic mass is 10.0. The van der Waals surface area contributed by atoms with Gasteiger partial charge < -0.3 is 11.1 Å². The van der Waals surface area contributed by atoms with Crippen molar-refractivity contribution in [3.63, 3.8) is 0 Å². The van der Waals surface area contributed by atoms with Crippen molar-refractivity contribution in [2.24, 2.45) is 0 Å². The number of aryl methyl sites for hydroxylation is 1. The summed E-state index contributed by atoms with van der Waals surface area (Å²) in [4.78, 5) is 26.0. The number of hydrogen-bond acceptors (Lipinski definition) is 6. The molecule has 146 valence electrons. The Morgan fingerprint density at radius 3 is 2.86 bits per heavy atom. The lowest BCUT2D eigenvalue weighted by Crippen LogP contribution is -2.28. The number of hydrogen-bond donors (Lipinski definition) is 3. The van der Waals surface area contributed by atoms with E-state index >= 15 is 0 Å². The molecule has 0 bridgehead atoms. The Hall–Kier alpha value is -3.52. The summed E-state index contributed by atoms with van der Waals surface area (Å²) in [6.45, 7) is 2.53. The number of pyridine rings is 2. The van der Waals surface area contributed by atoms with Crippen LogP contribution >= 0.6 is 11.3 Å². The van der Waals surface area contributed by atoms with E-state index in [0.29, 0.717) is 18.2 Å². The fourth-order valence-corrected chi connectivity index (χ4v) is 3.65. The second-order valence-corrected chi connectivity index (χ2v) is 7.44. The molecule has 2 amide bonds.